The van der Waals surface area contributed by atoms with Crippen LogP contribution in [-0.2, 0) is 0 Å². The topological polar surface area (TPSA) is 26.3 Å². The molecule has 2 nitrogen and oxygen atoms in total. The molecule has 0 unspecified atom stereocenters. The second-order valence-corrected chi connectivity index (χ2v) is 5.33. The molecule has 2 aromatic carbocycles. The number of hydrogen-bond acceptors (Lipinski definition) is 2. The van der Waals surface area contributed by atoms with Crippen LogP contribution in [0.25, 0.3) is 0 Å². The van der Waals surface area contributed by atoms with E-state index in [0.717, 1.165) is 11.1 Å². The summed E-state index contributed by atoms with van der Waals surface area (Å²) < 4.78 is 5.52. The average molecular weight is 289 g/mol. The van der Waals surface area contributed by atoms with Gasteiger partial charge in [0, 0.05) is 10.6 Å². The van der Waals surface area contributed by atoms with Gasteiger partial charge < -0.3 is 4.74 Å². The molecule has 0 N–H and O–H groups in total. The number of rotatable bonds is 4. The molecular formula is C17H17ClO2. The van der Waals surface area contributed by atoms with Crippen LogP contribution in [0.5, 0.6) is 5.75 Å². The molecule has 0 saturated heterocycles. The van der Waals surface area contributed by atoms with E-state index in [9.17, 15) is 4.79 Å². The fraction of sp³-hybridized carbons (Fsp3) is 0.235. The molecule has 0 saturated carbocycles. The summed E-state index contributed by atoms with van der Waals surface area (Å²) in [5.74, 6) is 0.629. The highest BCUT2D eigenvalue weighted by molar-refractivity contribution is 6.31. The van der Waals surface area contributed by atoms with Gasteiger partial charge in [-0.2, -0.15) is 0 Å². The predicted molar refractivity (Wildman–Crippen MR) is 81.9 cm³/mol. The van der Waals surface area contributed by atoms with E-state index in [1.165, 1.54) is 5.56 Å². The Morgan fingerprint density at radius 2 is 1.75 bits per heavy atom. The molecule has 0 amide bonds. The van der Waals surface area contributed by atoms with Crippen molar-refractivity contribution in [2.24, 2.45) is 0 Å². The van der Waals surface area contributed by atoms with Gasteiger partial charge in [0.25, 0.3) is 0 Å². The van der Waals surface area contributed by atoms with Crippen LogP contribution in [0.3, 0.4) is 0 Å². The lowest BCUT2D eigenvalue weighted by molar-refractivity contribution is 0.0921. The van der Waals surface area contributed by atoms with Crippen LogP contribution in [0.4, 0.5) is 0 Å². The summed E-state index contributed by atoms with van der Waals surface area (Å²) in [4.78, 5) is 12.1. The molecule has 3 heteroatoms. The first-order valence-electron chi connectivity index (χ1n) is 6.47. The van der Waals surface area contributed by atoms with E-state index in [1.54, 1.807) is 12.1 Å². The molecule has 0 spiro atoms. The quantitative estimate of drug-likeness (QED) is 0.773. The Bertz CT molecular complexity index is 647. The number of benzene rings is 2. The minimum absolute atomic E-state index is 0.0271. The van der Waals surface area contributed by atoms with Gasteiger partial charge >= 0.3 is 0 Å². The number of ketones is 1. The molecule has 2 rings (SSSR count). The standard InChI is InChI=1S/C17H17ClO2/c1-11-4-5-14(8-12(11)2)17(19)10-20-15-6-7-16(18)13(3)9-15/h4-9H,10H2,1-3H3. The first-order chi connectivity index (χ1) is 9.47. The highest BCUT2D eigenvalue weighted by atomic mass is 35.5. The fourth-order valence-electron chi connectivity index (χ4n) is 1.85. The maximum absolute atomic E-state index is 12.1. The summed E-state index contributed by atoms with van der Waals surface area (Å²) >= 11 is 5.95. The molecule has 0 heterocycles. The maximum Gasteiger partial charge on any atom is 0.200 e. The third kappa shape index (κ3) is 3.40. The van der Waals surface area contributed by atoms with E-state index in [2.05, 4.69) is 0 Å². The second kappa shape index (κ2) is 6.10. The molecule has 0 radical (unpaired) electrons. The number of carbonyl (C=O) groups is 1. The summed E-state index contributed by atoms with van der Waals surface area (Å²) in [5, 5.41) is 0.692. The second-order valence-electron chi connectivity index (χ2n) is 4.92. The van der Waals surface area contributed by atoms with E-state index in [0.29, 0.717) is 16.3 Å². The zero-order valence-corrected chi connectivity index (χ0v) is 12.6. The highest BCUT2D eigenvalue weighted by Crippen LogP contribution is 2.21. The van der Waals surface area contributed by atoms with Gasteiger partial charge in [0.15, 0.2) is 12.4 Å². The van der Waals surface area contributed by atoms with Gasteiger partial charge in [-0.1, -0.05) is 23.7 Å². The smallest absolute Gasteiger partial charge is 0.200 e. The summed E-state index contributed by atoms with van der Waals surface area (Å²) in [6.45, 7) is 5.95. The Morgan fingerprint density at radius 1 is 1.00 bits per heavy atom. The molecule has 104 valence electrons. The van der Waals surface area contributed by atoms with Crippen LogP contribution in [-0.4, -0.2) is 12.4 Å². The average Bonchev–Trinajstić information content (AvgIpc) is 2.43. The molecule has 0 aliphatic rings. The Morgan fingerprint density at radius 3 is 2.40 bits per heavy atom. The van der Waals surface area contributed by atoms with Crippen LogP contribution >= 0.6 is 11.6 Å². The number of Topliss-reactive ketones (excluding diaryl/α,β-unsaturated/α-hetero) is 1. The van der Waals surface area contributed by atoms with E-state index in [4.69, 9.17) is 16.3 Å². The van der Waals surface area contributed by atoms with Crippen molar-refractivity contribution in [3.05, 3.63) is 63.7 Å². The predicted octanol–water partition coefficient (Wildman–Crippen LogP) is 4.53. The molecule has 20 heavy (non-hydrogen) atoms. The Balaban J connectivity index is 2.04. The van der Waals surface area contributed by atoms with Crippen molar-refractivity contribution < 1.29 is 9.53 Å². The van der Waals surface area contributed by atoms with Gasteiger partial charge in [-0.05, 0) is 61.7 Å². The van der Waals surface area contributed by atoms with Crippen molar-refractivity contribution in [1.82, 2.24) is 0 Å². The lowest BCUT2D eigenvalue weighted by atomic mass is 10.0. The normalized spacial score (nSPS) is 10.4. The Hall–Kier alpha value is -1.80. The van der Waals surface area contributed by atoms with Crippen LogP contribution < -0.4 is 4.74 Å². The van der Waals surface area contributed by atoms with Gasteiger partial charge in [0.2, 0.25) is 0 Å². The van der Waals surface area contributed by atoms with Crippen molar-refractivity contribution in [2.75, 3.05) is 6.61 Å². The van der Waals surface area contributed by atoms with E-state index in [-0.39, 0.29) is 12.4 Å². The van der Waals surface area contributed by atoms with E-state index in [1.807, 2.05) is 45.0 Å². The number of ether oxygens (including phenoxy) is 1. The third-order valence-corrected chi connectivity index (χ3v) is 3.75. The summed E-state index contributed by atoms with van der Waals surface area (Å²) in [6.07, 6.45) is 0. The first-order valence-corrected chi connectivity index (χ1v) is 6.84. The molecule has 0 aliphatic carbocycles. The molecule has 0 fully saturated rings. The minimum atomic E-state index is -0.0271. The van der Waals surface area contributed by atoms with Crippen LogP contribution in [0.15, 0.2) is 36.4 Å². The zero-order chi connectivity index (χ0) is 14.7. The first kappa shape index (κ1) is 14.6. The fourth-order valence-corrected chi connectivity index (χ4v) is 1.97. The SMILES string of the molecule is Cc1ccc(C(=O)COc2ccc(Cl)c(C)c2)cc1C. The highest BCUT2D eigenvalue weighted by Gasteiger charge is 2.08. The summed E-state index contributed by atoms with van der Waals surface area (Å²) in [7, 11) is 0. The molecule has 0 bridgehead atoms. The summed E-state index contributed by atoms with van der Waals surface area (Å²) in [5.41, 5.74) is 3.90. The van der Waals surface area contributed by atoms with Crippen molar-refractivity contribution in [3.63, 3.8) is 0 Å². The van der Waals surface area contributed by atoms with Gasteiger partial charge in [-0.3, -0.25) is 4.79 Å². The van der Waals surface area contributed by atoms with Crippen LogP contribution in [0, 0.1) is 20.8 Å². The van der Waals surface area contributed by atoms with Crippen molar-refractivity contribution in [1.29, 1.82) is 0 Å². The largest absolute Gasteiger partial charge is 0.485 e. The molecule has 0 atom stereocenters. The third-order valence-electron chi connectivity index (χ3n) is 3.33. The molecule has 0 aromatic heterocycles. The summed E-state index contributed by atoms with van der Waals surface area (Å²) in [6, 6.07) is 11.1. The van der Waals surface area contributed by atoms with Crippen molar-refractivity contribution in [2.45, 2.75) is 20.8 Å². The molecule has 2 aromatic rings. The Kier molecular flexibility index (Phi) is 4.46. The van der Waals surface area contributed by atoms with Crippen molar-refractivity contribution >= 4 is 17.4 Å². The monoisotopic (exact) mass is 288 g/mol. The zero-order valence-electron chi connectivity index (χ0n) is 11.9. The van der Waals surface area contributed by atoms with Gasteiger partial charge in [0.1, 0.15) is 5.75 Å². The van der Waals surface area contributed by atoms with Crippen LogP contribution in [0.1, 0.15) is 27.0 Å². The lowest BCUT2D eigenvalue weighted by Gasteiger charge is -2.08. The van der Waals surface area contributed by atoms with Gasteiger partial charge in [-0.25, -0.2) is 0 Å². The Labute approximate surface area is 124 Å². The van der Waals surface area contributed by atoms with E-state index < -0.39 is 0 Å². The number of carbonyl (C=O) groups excluding carboxylic acids is 1. The van der Waals surface area contributed by atoms with Gasteiger partial charge in [-0.15, -0.1) is 0 Å². The van der Waals surface area contributed by atoms with E-state index >= 15 is 0 Å². The van der Waals surface area contributed by atoms with Gasteiger partial charge in [0.05, 0.1) is 0 Å². The number of halogens is 1. The number of aryl methyl sites for hydroxylation is 3. The minimum Gasteiger partial charge on any atom is -0.485 e. The van der Waals surface area contributed by atoms with Crippen LogP contribution in [0.2, 0.25) is 5.02 Å². The lowest BCUT2D eigenvalue weighted by Crippen LogP contribution is -2.12. The molecular weight excluding hydrogens is 272 g/mol. The van der Waals surface area contributed by atoms with Crippen molar-refractivity contribution in [3.8, 4) is 5.75 Å². The maximum atomic E-state index is 12.1. The number of hydrogen-bond donors (Lipinski definition) is 0. The molecule has 0 aliphatic heterocycles.